The molecular weight excluding hydrogens is 226 g/mol. The largest absolute Gasteiger partial charge is 0.376 e. The van der Waals surface area contributed by atoms with Crippen LogP contribution in [0.5, 0.6) is 0 Å². The van der Waals surface area contributed by atoms with E-state index in [4.69, 9.17) is 9.47 Å². The zero-order valence-electron chi connectivity index (χ0n) is 11.8. The second-order valence-corrected chi connectivity index (χ2v) is 5.75. The Kier molecular flexibility index (Phi) is 6.46. The molecule has 0 aromatic rings. The van der Waals surface area contributed by atoms with Gasteiger partial charge in [-0.05, 0) is 38.6 Å². The number of nitrogens with one attached hydrogen (secondary N) is 1. The molecule has 1 aliphatic heterocycles. The van der Waals surface area contributed by atoms with E-state index in [1.165, 1.54) is 51.4 Å². The summed E-state index contributed by atoms with van der Waals surface area (Å²) in [6.07, 6.45) is 11.4. The lowest BCUT2D eigenvalue weighted by Gasteiger charge is -2.23. The van der Waals surface area contributed by atoms with Gasteiger partial charge in [0.25, 0.3) is 0 Å². The van der Waals surface area contributed by atoms with Gasteiger partial charge in [-0.1, -0.05) is 26.2 Å². The summed E-state index contributed by atoms with van der Waals surface area (Å²) in [5, 5.41) is 3.44. The average Bonchev–Trinajstić information content (AvgIpc) is 2.86. The summed E-state index contributed by atoms with van der Waals surface area (Å²) in [6.45, 7) is 5.12. The smallest absolute Gasteiger partial charge is 0.0814 e. The molecule has 1 heterocycles. The molecule has 1 N–H and O–H groups in total. The van der Waals surface area contributed by atoms with Crippen LogP contribution in [0.2, 0.25) is 0 Å². The van der Waals surface area contributed by atoms with E-state index < -0.39 is 0 Å². The van der Waals surface area contributed by atoms with Crippen LogP contribution >= 0.6 is 0 Å². The molecule has 3 heteroatoms. The van der Waals surface area contributed by atoms with E-state index in [-0.39, 0.29) is 0 Å². The van der Waals surface area contributed by atoms with Crippen molar-refractivity contribution in [2.75, 3.05) is 19.7 Å². The Labute approximate surface area is 112 Å². The number of ether oxygens (including phenoxy) is 2. The third-order valence-electron chi connectivity index (χ3n) is 4.06. The molecule has 2 unspecified atom stereocenters. The molecule has 2 aliphatic rings. The summed E-state index contributed by atoms with van der Waals surface area (Å²) in [5.74, 6) is 0. The van der Waals surface area contributed by atoms with Crippen molar-refractivity contribution in [1.29, 1.82) is 0 Å². The molecule has 0 amide bonds. The van der Waals surface area contributed by atoms with Gasteiger partial charge in [-0.2, -0.15) is 0 Å². The third-order valence-corrected chi connectivity index (χ3v) is 4.06. The summed E-state index contributed by atoms with van der Waals surface area (Å²) in [7, 11) is 0. The maximum absolute atomic E-state index is 6.01. The first-order valence-electron chi connectivity index (χ1n) is 7.86. The van der Waals surface area contributed by atoms with Gasteiger partial charge < -0.3 is 14.8 Å². The van der Waals surface area contributed by atoms with E-state index in [1.807, 2.05) is 0 Å². The summed E-state index contributed by atoms with van der Waals surface area (Å²) < 4.78 is 12.0. The van der Waals surface area contributed by atoms with Crippen molar-refractivity contribution in [1.82, 2.24) is 5.32 Å². The minimum atomic E-state index is 0.348. The van der Waals surface area contributed by atoms with Crippen molar-refractivity contribution in [3.05, 3.63) is 0 Å². The molecular formula is C15H29NO2. The first kappa shape index (κ1) is 14.3. The summed E-state index contributed by atoms with van der Waals surface area (Å²) >= 11 is 0. The molecule has 0 aromatic carbocycles. The monoisotopic (exact) mass is 255 g/mol. The Morgan fingerprint density at radius 2 is 1.83 bits per heavy atom. The molecule has 2 atom stereocenters. The van der Waals surface area contributed by atoms with Crippen LogP contribution < -0.4 is 5.32 Å². The molecule has 1 aliphatic carbocycles. The van der Waals surface area contributed by atoms with Crippen LogP contribution in [0.25, 0.3) is 0 Å². The SMILES string of the molecule is CCCNCC1CCC(COC2CCCCC2)O1. The zero-order valence-corrected chi connectivity index (χ0v) is 11.8. The van der Waals surface area contributed by atoms with E-state index in [1.54, 1.807) is 0 Å². The fourth-order valence-electron chi connectivity index (χ4n) is 2.97. The van der Waals surface area contributed by atoms with E-state index in [0.29, 0.717) is 18.3 Å². The predicted molar refractivity (Wildman–Crippen MR) is 73.9 cm³/mol. The molecule has 3 nitrogen and oxygen atoms in total. The maximum atomic E-state index is 6.01. The van der Waals surface area contributed by atoms with Crippen molar-refractivity contribution < 1.29 is 9.47 Å². The van der Waals surface area contributed by atoms with Crippen molar-refractivity contribution in [2.45, 2.75) is 76.6 Å². The highest BCUT2D eigenvalue weighted by Gasteiger charge is 2.26. The molecule has 0 spiro atoms. The third kappa shape index (κ3) is 4.87. The van der Waals surface area contributed by atoms with E-state index in [9.17, 15) is 0 Å². The molecule has 2 rings (SSSR count). The van der Waals surface area contributed by atoms with Gasteiger partial charge in [0, 0.05) is 6.54 Å². The van der Waals surface area contributed by atoms with Gasteiger partial charge in [0.15, 0.2) is 0 Å². The summed E-state index contributed by atoms with van der Waals surface area (Å²) in [4.78, 5) is 0. The summed E-state index contributed by atoms with van der Waals surface area (Å²) in [5.41, 5.74) is 0. The van der Waals surface area contributed by atoms with Crippen LogP contribution in [0.15, 0.2) is 0 Å². The lowest BCUT2D eigenvalue weighted by atomic mass is 9.98. The number of rotatable bonds is 7. The fourth-order valence-corrected chi connectivity index (χ4v) is 2.97. The van der Waals surface area contributed by atoms with Crippen molar-refractivity contribution in [3.8, 4) is 0 Å². The molecule has 106 valence electrons. The van der Waals surface area contributed by atoms with Gasteiger partial charge in [-0.15, -0.1) is 0 Å². The van der Waals surface area contributed by atoms with E-state index in [2.05, 4.69) is 12.2 Å². The Hall–Kier alpha value is -0.120. The van der Waals surface area contributed by atoms with Gasteiger partial charge in [0.05, 0.1) is 24.9 Å². The van der Waals surface area contributed by atoms with Gasteiger partial charge in [0.1, 0.15) is 0 Å². The highest BCUT2D eigenvalue weighted by molar-refractivity contribution is 4.76. The minimum Gasteiger partial charge on any atom is -0.376 e. The Morgan fingerprint density at radius 3 is 2.61 bits per heavy atom. The van der Waals surface area contributed by atoms with Crippen molar-refractivity contribution in [3.63, 3.8) is 0 Å². The summed E-state index contributed by atoms with van der Waals surface area (Å²) in [6, 6.07) is 0. The van der Waals surface area contributed by atoms with Gasteiger partial charge >= 0.3 is 0 Å². The first-order chi connectivity index (χ1) is 8.88. The van der Waals surface area contributed by atoms with Gasteiger partial charge in [-0.3, -0.25) is 0 Å². The van der Waals surface area contributed by atoms with Crippen LogP contribution in [0.4, 0.5) is 0 Å². The first-order valence-corrected chi connectivity index (χ1v) is 7.86. The fraction of sp³-hybridized carbons (Fsp3) is 1.00. The van der Waals surface area contributed by atoms with Crippen molar-refractivity contribution >= 4 is 0 Å². The van der Waals surface area contributed by atoms with Crippen LogP contribution in [0.1, 0.15) is 58.3 Å². The molecule has 18 heavy (non-hydrogen) atoms. The lowest BCUT2D eigenvalue weighted by molar-refractivity contribution is -0.0498. The quantitative estimate of drug-likeness (QED) is 0.710. The van der Waals surface area contributed by atoms with Gasteiger partial charge in [0.2, 0.25) is 0 Å². The van der Waals surface area contributed by atoms with Crippen LogP contribution in [0, 0.1) is 0 Å². The molecule has 0 aromatic heterocycles. The Bertz CT molecular complexity index is 217. The molecule has 1 saturated heterocycles. The number of hydrogen-bond donors (Lipinski definition) is 1. The second-order valence-electron chi connectivity index (χ2n) is 5.75. The molecule has 1 saturated carbocycles. The molecule has 2 fully saturated rings. The van der Waals surface area contributed by atoms with Crippen molar-refractivity contribution in [2.24, 2.45) is 0 Å². The number of hydrogen-bond acceptors (Lipinski definition) is 3. The standard InChI is InChI=1S/C15H29NO2/c1-2-10-16-11-14-8-9-15(18-14)12-17-13-6-4-3-5-7-13/h13-16H,2-12H2,1H3. The Morgan fingerprint density at radius 1 is 1.06 bits per heavy atom. The lowest BCUT2D eigenvalue weighted by Crippen LogP contribution is -2.29. The van der Waals surface area contributed by atoms with Crippen LogP contribution in [-0.2, 0) is 9.47 Å². The topological polar surface area (TPSA) is 30.5 Å². The maximum Gasteiger partial charge on any atom is 0.0814 e. The molecule has 0 radical (unpaired) electrons. The zero-order chi connectivity index (χ0) is 12.6. The van der Waals surface area contributed by atoms with Crippen LogP contribution in [-0.4, -0.2) is 38.0 Å². The average molecular weight is 255 g/mol. The van der Waals surface area contributed by atoms with Gasteiger partial charge in [-0.25, -0.2) is 0 Å². The highest BCUT2D eigenvalue weighted by atomic mass is 16.5. The van der Waals surface area contributed by atoms with Crippen LogP contribution in [0.3, 0.4) is 0 Å². The van der Waals surface area contributed by atoms with E-state index in [0.717, 1.165) is 19.7 Å². The minimum absolute atomic E-state index is 0.348. The second kappa shape index (κ2) is 8.13. The normalized spacial score (nSPS) is 29.8. The van der Waals surface area contributed by atoms with E-state index >= 15 is 0 Å². The predicted octanol–water partition coefficient (Wildman–Crippen LogP) is 2.88. The Balaban J connectivity index is 1.54. The molecule has 0 bridgehead atoms. The highest BCUT2D eigenvalue weighted by Crippen LogP contribution is 2.23.